The van der Waals surface area contributed by atoms with Crippen molar-refractivity contribution in [2.45, 2.75) is 38.5 Å². The lowest BCUT2D eigenvalue weighted by Gasteiger charge is -2.27. The van der Waals surface area contributed by atoms with E-state index in [-0.39, 0.29) is 0 Å². The van der Waals surface area contributed by atoms with Crippen molar-refractivity contribution in [1.29, 1.82) is 0 Å². The summed E-state index contributed by atoms with van der Waals surface area (Å²) in [5.41, 5.74) is 3.36. The van der Waals surface area contributed by atoms with Gasteiger partial charge < -0.3 is 0 Å². The van der Waals surface area contributed by atoms with E-state index in [9.17, 15) is 0 Å². The highest BCUT2D eigenvalue weighted by Crippen LogP contribution is 2.40. The van der Waals surface area contributed by atoms with Crippen LogP contribution < -0.4 is 0 Å². The maximum Gasteiger partial charge on any atom is 0.103 e. The van der Waals surface area contributed by atoms with Gasteiger partial charge in [-0.3, -0.25) is 4.68 Å². The monoisotopic (exact) mass is 328 g/mol. The molecule has 0 N–H and O–H groups in total. The number of nitrogens with zero attached hydrogens (tertiary/aromatic N) is 4. The summed E-state index contributed by atoms with van der Waals surface area (Å²) in [4.78, 5) is 0. The van der Waals surface area contributed by atoms with Gasteiger partial charge in [-0.1, -0.05) is 31.4 Å². The van der Waals surface area contributed by atoms with Crippen molar-refractivity contribution in [1.82, 2.24) is 19.6 Å². The fraction of sp³-hybridized carbons (Fsp3) is 0.444. The molecule has 0 aliphatic heterocycles. The average Bonchev–Trinajstić information content (AvgIpc) is 3.12. The summed E-state index contributed by atoms with van der Waals surface area (Å²) in [5, 5.41) is 10.7. The zero-order chi connectivity index (χ0) is 16.0. The quantitative estimate of drug-likeness (QED) is 0.683. The first-order valence-electron chi connectivity index (χ1n) is 8.28. The van der Waals surface area contributed by atoms with E-state index in [1.165, 1.54) is 31.2 Å². The first-order valence-corrected chi connectivity index (χ1v) is 8.66. The Balaban J connectivity index is 1.81. The van der Waals surface area contributed by atoms with Crippen molar-refractivity contribution in [2.24, 2.45) is 13.0 Å². The highest BCUT2D eigenvalue weighted by atomic mass is 35.5. The van der Waals surface area contributed by atoms with Crippen LogP contribution in [0.4, 0.5) is 0 Å². The number of aryl methyl sites for hydroxylation is 1. The van der Waals surface area contributed by atoms with Crippen molar-refractivity contribution < 1.29 is 0 Å². The molecule has 0 saturated heterocycles. The summed E-state index contributed by atoms with van der Waals surface area (Å²) in [7, 11) is 1.92. The molecule has 1 aromatic carbocycles. The van der Waals surface area contributed by atoms with Gasteiger partial charge in [0.25, 0.3) is 0 Å². The molecule has 1 fully saturated rings. The molecule has 0 spiro atoms. The van der Waals surface area contributed by atoms with Gasteiger partial charge in [-0.15, -0.1) is 0 Å². The van der Waals surface area contributed by atoms with Crippen molar-refractivity contribution in [2.75, 3.05) is 0 Å². The van der Waals surface area contributed by atoms with Crippen molar-refractivity contribution >= 4 is 22.5 Å². The van der Waals surface area contributed by atoms with Crippen molar-refractivity contribution in [3.63, 3.8) is 0 Å². The lowest BCUT2D eigenvalue weighted by atomic mass is 9.78. The van der Waals surface area contributed by atoms with Gasteiger partial charge in [0.2, 0.25) is 0 Å². The number of aromatic nitrogens is 4. The standard InChI is InChI=1S/C18H21ClN4/c1-12-4-3-5-13(6-12)16-8-18-14(7-17(16)19)9-21-23(18)15-10-20-22(2)11-15/h7-13H,3-6H2,1-2H3/t12-,13-/m1/s1. The lowest BCUT2D eigenvalue weighted by molar-refractivity contribution is 0.344. The third-order valence-corrected chi connectivity index (χ3v) is 5.33. The molecule has 2 heterocycles. The van der Waals surface area contributed by atoms with Gasteiger partial charge in [0, 0.05) is 17.5 Å². The number of hydrogen-bond acceptors (Lipinski definition) is 2. The third kappa shape index (κ3) is 2.65. The Hall–Kier alpha value is -1.81. The summed E-state index contributed by atoms with van der Waals surface area (Å²) in [6, 6.07) is 4.30. The first kappa shape index (κ1) is 14.8. The number of fused-ring (bicyclic) bond motifs is 1. The van der Waals surface area contributed by atoms with Crippen LogP contribution in [-0.2, 0) is 7.05 Å². The van der Waals surface area contributed by atoms with Gasteiger partial charge in [0.1, 0.15) is 5.69 Å². The second-order valence-corrected chi connectivity index (χ2v) is 7.24. The van der Waals surface area contributed by atoms with Gasteiger partial charge in [-0.2, -0.15) is 10.2 Å². The Morgan fingerprint density at radius 1 is 1.17 bits per heavy atom. The molecule has 0 amide bonds. The van der Waals surface area contributed by atoms with Crippen LogP contribution in [0.25, 0.3) is 16.6 Å². The van der Waals surface area contributed by atoms with E-state index >= 15 is 0 Å². The number of halogens is 1. The fourth-order valence-electron chi connectivity index (χ4n) is 3.82. The van der Waals surface area contributed by atoms with Crippen molar-refractivity contribution in [3.05, 3.63) is 41.3 Å². The van der Waals surface area contributed by atoms with Crippen LogP contribution in [0, 0.1) is 5.92 Å². The van der Waals surface area contributed by atoms with E-state index in [4.69, 9.17) is 11.6 Å². The minimum absolute atomic E-state index is 0.563. The zero-order valence-electron chi connectivity index (χ0n) is 13.5. The second kappa shape index (κ2) is 5.68. The average molecular weight is 329 g/mol. The molecule has 1 aliphatic rings. The van der Waals surface area contributed by atoms with Gasteiger partial charge in [-0.25, -0.2) is 4.68 Å². The normalized spacial score (nSPS) is 21.9. The first-order chi connectivity index (χ1) is 11.1. The molecular formula is C18H21ClN4. The molecule has 1 saturated carbocycles. The second-order valence-electron chi connectivity index (χ2n) is 6.83. The summed E-state index contributed by atoms with van der Waals surface area (Å²) in [6.45, 7) is 2.35. The van der Waals surface area contributed by atoms with Crippen LogP contribution in [0.5, 0.6) is 0 Å². The molecule has 120 valence electrons. The van der Waals surface area contributed by atoms with E-state index in [1.54, 1.807) is 4.68 Å². The highest BCUT2D eigenvalue weighted by Gasteiger charge is 2.23. The smallest absolute Gasteiger partial charge is 0.103 e. The molecule has 4 rings (SSSR count). The number of hydrogen-bond donors (Lipinski definition) is 0. The third-order valence-electron chi connectivity index (χ3n) is 5.00. The molecule has 23 heavy (non-hydrogen) atoms. The SMILES string of the molecule is C[C@@H]1CCC[C@@H](c2cc3c(cnn3-c3cnn(C)c3)cc2Cl)C1. The summed E-state index contributed by atoms with van der Waals surface area (Å²) in [6.07, 6.45) is 10.8. The van der Waals surface area contributed by atoms with Gasteiger partial charge in [0.05, 0.1) is 24.1 Å². The van der Waals surface area contributed by atoms with Crippen LogP contribution in [-0.4, -0.2) is 19.6 Å². The number of rotatable bonds is 2. The van der Waals surface area contributed by atoms with Crippen LogP contribution in [0.3, 0.4) is 0 Å². The lowest BCUT2D eigenvalue weighted by Crippen LogP contribution is -2.12. The molecule has 0 radical (unpaired) electrons. The van der Waals surface area contributed by atoms with Crippen molar-refractivity contribution in [3.8, 4) is 5.69 Å². The van der Waals surface area contributed by atoms with E-state index in [0.29, 0.717) is 5.92 Å². The minimum Gasteiger partial charge on any atom is -0.274 e. The predicted molar refractivity (Wildman–Crippen MR) is 93.2 cm³/mol. The Bertz CT molecular complexity index is 848. The van der Waals surface area contributed by atoms with Crippen LogP contribution in [0.1, 0.15) is 44.1 Å². The van der Waals surface area contributed by atoms with Crippen LogP contribution >= 0.6 is 11.6 Å². The van der Waals surface area contributed by atoms with E-state index in [2.05, 4.69) is 29.3 Å². The van der Waals surface area contributed by atoms with Crippen LogP contribution in [0.2, 0.25) is 5.02 Å². The molecule has 5 heteroatoms. The molecular weight excluding hydrogens is 308 g/mol. The van der Waals surface area contributed by atoms with E-state index in [1.807, 2.05) is 30.3 Å². The Kier molecular flexibility index (Phi) is 3.64. The van der Waals surface area contributed by atoms with E-state index < -0.39 is 0 Å². The molecule has 4 nitrogen and oxygen atoms in total. The topological polar surface area (TPSA) is 35.6 Å². The molecule has 0 bridgehead atoms. The highest BCUT2D eigenvalue weighted by molar-refractivity contribution is 6.32. The van der Waals surface area contributed by atoms with Gasteiger partial charge >= 0.3 is 0 Å². The summed E-state index contributed by atoms with van der Waals surface area (Å²) in [5.74, 6) is 1.34. The molecule has 3 aromatic rings. The fourth-order valence-corrected chi connectivity index (χ4v) is 4.14. The molecule has 2 atom stereocenters. The molecule has 0 unspecified atom stereocenters. The summed E-state index contributed by atoms with van der Waals surface area (Å²) < 4.78 is 3.75. The van der Waals surface area contributed by atoms with Gasteiger partial charge in [-0.05, 0) is 42.4 Å². The summed E-state index contributed by atoms with van der Waals surface area (Å²) >= 11 is 6.59. The van der Waals surface area contributed by atoms with Crippen LogP contribution in [0.15, 0.2) is 30.7 Å². The van der Waals surface area contributed by atoms with E-state index in [0.717, 1.165) is 27.5 Å². The Morgan fingerprint density at radius 2 is 2.04 bits per heavy atom. The minimum atomic E-state index is 0.563. The van der Waals surface area contributed by atoms with Gasteiger partial charge in [0.15, 0.2) is 0 Å². The Morgan fingerprint density at radius 3 is 2.78 bits per heavy atom. The molecule has 1 aliphatic carbocycles. The maximum absolute atomic E-state index is 6.59. The predicted octanol–water partition coefficient (Wildman–Crippen LogP) is 4.71. The molecule has 2 aromatic heterocycles. The maximum atomic E-state index is 6.59. The zero-order valence-corrected chi connectivity index (χ0v) is 14.3. The Labute approximate surface area is 141 Å². The largest absolute Gasteiger partial charge is 0.274 e. The number of benzene rings is 1.